The zero-order valence-electron chi connectivity index (χ0n) is 15.4. The van der Waals surface area contributed by atoms with Crippen molar-refractivity contribution in [3.63, 3.8) is 0 Å². The molecule has 2 aromatic carbocycles. The van der Waals surface area contributed by atoms with Crippen LogP contribution in [-0.4, -0.2) is 35.1 Å². The number of nitrogens with zero attached hydrogens (tertiary/aromatic N) is 1. The molecule has 1 fully saturated rings. The number of primary amides is 1. The Bertz CT molecular complexity index is 724. The van der Waals surface area contributed by atoms with Crippen LogP contribution in [0.2, 0.25) is 0 Å². The van der Waals surface area contributed by atoms with Crippen LogP contribution >= 0.6 is 0 Å². The Hall–Kier alpha value is -3.02. The fourth-order valence-corrected chi connectivity index (χ4v) is 3.08. The van der Waals surface area contributed by atoms with E-state index in [1.54, 1.807) is 24.3 Å². The normalized spacial score (nSPS) is 14.1. The third-order valence-corrected chi connectivity index (χ3v) is 4.76. The van der Waals surface area contributed by atoms with Crippen molar-refractivity contribution in [1.82, 2.24) is 4.90 Å². The van der Waals surface area contributed by atoms with Crippen molar-refractivity contribution in [3.8, 4) is 0 Å². The molecule has 1 heterocycles. The van der Waals surface area contributed by atoms with E-state index in [2.05, 4.69) is 24.3 Å². The first-order valence-corrected chi connectivity index (χ1v) is 9.13. The van der Waals surface area contributed by atoms with E-state index in [-0.39, 0.29) is 0 Å². The summed E-state index contributed by atoms with van der Waals surface area (Å²) in [7, 11) is 0. The highest BCUT2D eigenvalue weighted by atomic mass is 16.4. The lowest BCUT2D eigenvalue weighted by Gasteiger charge is -2.29. The lowest BCUT2D eigenvalue weighted by molar-refractivity contribution is 0.1000. The summed E-state index contributed by atoms with van der Waals surface area (Å²) in [6.45, 7) is 1.41. The Balaban J connectivity index is 0.000000223. The van der Waals surface area contributed by atoms with E-state index in [9.17, 15) is 9.59 Å². The molecular formula is C21H27N3O3. The standard InChI is InChI=1S/C14H19NO2.C7H8N2O/c16-14(17)15-10-8-13(9-11-15)7-6-12-4-2-1-3-5-12;8-6-3-1-5(2-4-6)7(9)10/h1-5,13H,6-11H2,(H,16,17);1-4H,8H2,(H2,9,10). The van der Waals surface area contributed by atoms with E-state index < -0.39 is 12.0 Å². The summed E-state index contributed by atoms with van der Waals surface area (Å²) < 4.78 is 0. The number of carbonyl (C=O) groups is 2. The summed E-state index contributed by atoms with van der Waals surface area (Å²) in [5, 5.41) is 8.86. The van der Waals surface area contributed by atoms with Crippen LogP contribution in [0.25, 0.3) is 0 Å². The van der Waals surface area contributed by atoms with Crippen LogP contribution in [0.1, 0.15) is 35.2 Å². The minimum atomic E-state index is -0.772. The number of piperidine rings is 1. The van der Waals surface area contributed by atoms with E-state index in [0.29, 0.717) is 30.3 Å². The molecule has 144 valence electrons. The maximum Gasteiger partial charge on any atom is 0.407 e. The van der Waals surface area contributed by atoms with Crippen LogP contribution in [0, 0.1) is 5.92 Å². The number of likely N-dealkylation sites (tertiary alicyclic amines) is 1. The maximum absolute atomic E-state index is 10.8. The van der Waals surface area contributed by atoms with Gasteiger partial charge in [-0.25, -0.2) is 4.79 Å². The monoisotopic (exact) mass is 369 g/mol. The van der Waals surface area contributed by atoms with E-state index in [0.717, 1.165) is 19.3 Å². The van der Waals surface area contributed by atoms with Gasteiger partial charge >= 0.3 is 6.09 Å². The first-order chi connectivity index (χ1) is 13.0. The molecule has 1 aliphatic rings. The number of hydrogen-bond donors (Lipinski definition) is 3. The Morgan fingerprint density at radius 2 is 1.59 bits per heavy atom. The largest absolute Gasteiger partial charge is 0.465 e. The number of carboxylic acid groups (broad SMARTS) is 1. The molecule has 6 nitrogen and oxygen atoms in total. The second-order valence-electron chi connectivity index (χ2n) is 6.72. The number of anilines is 1. The zero-order chi connectivity index (χ0) is 19.6. The maximum atomic E-state index is 10.8. The first-order valence-electron chi connectivity index (χ1n) is 9.13. The molecule has 3 rings (SSSR count). The molecule has 1 aliphatic heterocycles. The predicted octanol–water partition coefficient (Wildman–Crippen LogP) is 3.38. The number of amides is 2. The Kier molecular flexibility index (Phi) is 7.67. The highest BCUT2D eigenvalue weighted by Gasteiger charge is 2.21. The fraction of sp³-hybridized carbons (Fsp3) is 0.333. The van der Waals surface area contributed by atoms with Gasteiger partial charge in [-0.15, -0.1) is 0 Å². The van der Waals surface area contributed by atoms with Crippen LogP contribution in [0.4, 0.5) is 10.5 Å². The van der Waals surface area contributed by atoms with Gasteiger partial charge in [0.1, 0.15) is 0 Å². The third-order valence-electron chi connectivity index (χ3n) is 4.76. The molecular weight excluding hydrogens is 342 g/mol. The molecule has 0 unspecified atom stereocenters. The van der Waals surface area contributed by atoms with Gasteiger partial charge in [0, 0.05) is 24.3 Å². The molecule has 5 N–H and O–H groups in total. The Labute approximate surface area is 159 Å². The minimum Gasteiger partial charge on any atom is -0.465 e. The van der Waals surface area contributed by atoms with Crippen molar-refractivity contribution in [2.24, 2.45) is 11.7 Å². The summed E-state index contributed by atoms with van der Waals surface area (Å²) in [4.78, 5) is 22.8. The van der Waals surface area contributed by atoms with Gasteiger partial charge in [-0.3, -0.25) is 4.79 Å². The highest BCUT2D eigenvalue weighted by Crippen LogP contribution is 2.22. The molecule has 0 aromatic heterocycles. The average Bonchev–Trinajstić information content (AvgIpc) is 2.68. The molecule has 2 aromatic rings. The van der Waals surface area contributed by atoms with Crippen molar-refractivity contribution in [3.05, 3.63) is 65.7 Å². The topological polar surface area (TPSA) is 110 Å². The van der Waals surface area contributed by atoms with Crippen LogP contribution in [-0.2, 0) is 6.42 Å². The van der Waals surface area contributed by atoms with Crippen LogP contribution in [0.15, 0.2) is 54.6 Å². The van der Waals surface area contributed by atoms with Crippen molar-refractivity contribution in [2.45, 2.75) is 25.7 Å². The van der Waals surface area contributed by atoms with Gasteiger partial charge in [0.2, 0.25) is 5.91 Å². The number of nitrogen functional groups attached to an aromatic ring is 1. The lowest BCUT2D eigenvalue weighted by atomic mass is 9.91. The summed E-state index contributed by atoms with van der Waals surface area (Å²) in [6.07, 6.45) is 3.54. The molecule has 0 bridgehead atoms. The number of aryl methyl sites for hydroxylation is 1. The summed E-state index contributed by atoms with van der Waals surface area (Å²) in [6, 6.07) is 17.0. The zero-order valence-corrected chi connectivity index (χ0v) is 15.4. The van der Waals surface area contributed by atoms with Gasteiger partial charge in [-0.05, 0) is 61.4 Å². The molecule has 0 saturated carbocycles. The van der Waals surface area contributed by atoms with Gasteiger partial charge in [-0.1, -0.05) is 30.3 Å². The van der Waals surface area contributed by atoms with E-state index >= 15 is 0 Å². The average molecular weight is 369 g/mol. The molecule has 0 radical (unpaired) electrons. The van der Waals surface area contributed by atoms with Crippen molar-refractivity contribution >= 4 is 17.7 Å². The smallest absolute Gasteiger partial charge is 0.407 e. The molecule has 0 atom stereocenters. The molecule has 1 saturated heterocycles. The quantitative estimate of drug-likeness (QED) is 0.718. The van der Waals surface area contributed by atoms with Gasteiger partial charge in [0.15, 0.2) is 0 Å². The Morgan fingerprint density at radius 3 is 2.11 bits per heavy atom. The third kappa shape index (κ3) is 7.01. The second-order valence-corrected chi connectivity index (χ2v) is 6.72. The van der Waals surface area contributed by atoms with Crippen LogP contribution in [0.3, 0.4) is 0 Å². The SMILES string of the molecule is NC(=O)c1ccc(N)cc1.O=C(O)N1CCC(CCc2ccccc2)CC1. The highest BCUT2D eigenvalue weighted by molar-refractivity contribution is 5.93. The molecule has 2 amide bonds. The Morgan fingerprint density at radius 1 is 1.00 bits per heavy atom. The van der Waals surface area contributed by atoms with Crippen LogP contribution in [0.5, 0.6) is 0 Å². The number of carbonyl (C=O) groups excluding carboxylic acids is 1. The fourth-order valence-electron chi connectivity index (χ4n) is 3.08. The number of hydrogen-bond acceptors (Lipinski definition) is 3. The lowest BCUT2D eigenvalue weighted by Crippen LogP contribution is -2.37. The van der Waals surface area contributed by atoms with Crippen LogP contribution < -0.4 is 11.5 Å². The molecule has 0 spiro atoms. The van der Waals surface area contributed by atoms with Crippen molar-refractivity contribution in [2.75, 3.05) is 18.8 Å². The number of benzene rings is 2. The van der Waals surface area contributed by atoms with E-state index in [4.69, 9.17) is 16.6 Å². The molecule has 27 heavy (non-hydrogen) atoms. The summed E-state index contributed by atoms with van der Waals surface area (Å²) >= 11 is 0. The number of rotatable bonds is 4. The first kappa shape index (κ1) is 20.3. The van der Waals surface area contributed by atoms with E-state index in [1.165, 1.54) is 16.9 Å². The minimum absolute atomic E-state index is 0.431. The summed E-state index contributed by atoms with van der Waals surface area (Å²) in [5.41, 5.74) is 12.9. The predicted molar refractivity (Wildman–Crippen MR) is 106 cm³/mol. The van der Waals surface area contributed by atoms with Gasteiger partial charge < -0.3 is 21.5 Å². The van der Waals surface area contributed by atoms with Crippen molar-refractivity contribution in [1.29, 1.82) is 0 Å². The van der Waals surface area contributed by atoms with Gasteiger partial charge in [0.25, 0.3) is 0 Å². The van der Waals surface area contributed by atoms with E-state index in [1.807, 2.05) is 6.07 Å². The summed E-state index contributed by atoms with van der Waals surface area (Å²) in [5.74, 6) is 0.255. The van der Waals surface area contributed by atoms with Crippen molar-refractivity contribution < 1.29 is 14.7 Å². The number of nitrogens with two attached hydrogens (primary N) is 2. The molecule has 0 aliphatic carbocycles. The van der Waals surface area contributed by atoms with Gasteiger partial charge in [0.05, 0.1) is 0 Å². The van der Waals surface area contributed by atoms with Gasteiger partial charge in [-0.2, -0.15) is 0 Å². The molecule has 6 heteroatoms. The second kappa shape index (κ2) is 10.2.